The Morgan fingerprint density at radius 2 is 1.56 bits per heavy atom. The lowest BCUT2D eigenvalue weighted by atomic mass is 9.88. The Hall–Kier alpha value is -1.84. The van der Waals surface area contributed by atoms with Crippen molar-refractivity contribution < 1.29 is 14.7 Å². The molecular formula is C24H34NO2+. The van der Waals surface area contributed by atoms with E-state index in [0.717, 1.165) is 17.9 Å². The number of aliphatic hydroxyl groups is 1. The molecule has 3 nitrogen and oxygen atoms in total. The van der Waals surface area contributed by atoms with Crippen LogP contribution in [-0.2, 0) is 0 Å². The average molecular weight is 369 g/mol. The number of ether oxygens (including phenoxy) is 1. The summed E-state index contributed by atoms with van der Waals surface area (Å²) >= 11 is 0. The van der Waals surface area contributed by atoms with Crippen LogP contribution in [0.2, 0.25) is 0 Å². The molecule has 0 unspecified atom stereocenters. The zero-order valence-electron chi connectivity index (χ0n) is 16.7. The molecule has 1 fully saturated rings. The molecule has 146 valence electrons. The van der Waals surface area contributed by atoms with Gasteiger partial charge in [0.25, 0.3) is 0 Å². The molecular weight excluding hydrogens is 334 g/mol. The summed E-state index contributed by atoms with van der Waals surface area (Å²) < 4.78 is 5.78. The van der Waals surface area contributed by atoms with Crippen LogP contribution in [0.4, 0.5) is 0 Å². The predicted molar refractivity (Wildman–Crippen MR) is 110 cm³/mol. The lowest BCUT2D eigenvalue weighted by Gasteiger charge is -2.30. The Balaban J connectivity index is 1.74. The molecule has 0 aromatic heterocycles. The van der Waals surface area contributed by atoms with E-state index >= 15 is 0 Å². The molecule has 0 amide bonds. The number of aliphatic hydroxyl groups excluding tert-OH is 1. The molecule has 0 spiro atoms. The fraction of sp³-hybridized carbons (Fsp3) is 0.500. The SMILES string of the molecule is CC(C)COc1ccc([C@@H](O)[C@@H](C[NH+]2CCCCC2)c2ccccc2)cc1. The number of hydrogen-bond donors (Lipinski definition) is 2. The van der Waals surface area contributed by atoms with E-state index in [-0.39, 0.29) is 5.92 Å². The summed E-state index contributed by atoms with van der Waals surface area (Å²) in [4.78, 5) is 1.62. The van der Waals surface area contributed by atoms with Crippen LogP contribution in [0.3, 0.4) is 0 Å². The lowest BCUT2D eigenvalue weighted by Crippen LogP contribution is -3.13. The quantitative estimate of drug-likeness (QED) is 0.746. The monoisotopic (exact) mass is 368 g/mol. The number of piperidine rings is 1. The second kappa shape index (κ2) is 9.91. The molecule has 0 bridgehead atoms. The van der Waals surface area contributed by atoms with Crippen molar-refractivity contribution in [2.75, 3.05) is 26.2 Å². The molecule has 1 heterocycles. The average Bonchev–Trinajstić information content (AvgIpc) is 2.72. The van der Waals surface area contributed by atoms with Crippen LogP contribution in [0.25, 0.3) is 0 Å². The molecule has 1 saturated heterocycles. The number of rotatable bonds is 8. The zero-order chi connectivity index (χ0) is 19.1. The number of benzene rings is 2. The normalized spacial score (nSPS) is 17.6. The highest BCUT2D eigenvalue weighted by atomic mass is 16.5. The van der Waals surface area contributed by atoms with Crippen LogP contribution in [0.1, 0.15) is 56.3 Å². The third-order valence-corrected chi connectivity index (χ3v) is 5.48. The second-order valence-electron chi connectivity index (χ2n) is 8.25. The second-order valence-corrected chi connectivity index (χ2v) is 8.25. The van der Waals surface area contributed by atoms with Gasteiger partial charge >= 0.3 is 0 Å². The van der Waals surface area contributed by atoms with Crippen LogP contribution in [0, 0.1) is 5.92 Å². The first-order valence-corrected chi connectivity index (χ1v) is 10.4. The van der Waals surface area contributed by atoms with E-state index in [9.17, 15) is 5.11 Å². The molecule has 0 radical (unpaired) electrons. The van der Waals surface area contributed by atoms with E-state index in [1.54, 1.807) is 4.90 Å². The van der Waals surface area contributed by atoms with Crippen molar-refractivity contribution in [2.45, 2.75) is 45.1 Å². The summed E-state index contributed by atoms with van der Waals surface area (Å²) in [5.41, 5.74) is 2.19. The first-order valence-electron chi connectivity index (χ1n) is 10.4. The van der Waals surface area contributed by atoms with Gasteiger partial charge < -0.3 is 14.7 Å². The minimum atomic E-state index is -0.499. The minimum Gasteiger partial charge on any atom is -0.493 e. The minimum absolute atomic E-state index is 0.113. The zero-order valence-corrected chi connectivity index (χ0v) is 16.7. The fourth-order valence-electron chi connectivity index (χ4n) is 3.94. The van der Waals surface area contributed by atoms with Crippen molar-refractivity contribution in [1.29, 1.82) is 0 Å². The summed E-state index contributed by atoms with van der Waals surface area (Å²) in [5, 5.41) is 11.2. The van der Waals surface area contributed by atoms with Crippen LogP contribution < -0.4 is 9.64 Å². The highest BCUT2D eigenvalue weighted by Gasteiger charge is 2.28. The van der Waals surface area contributed by atoms with Crippen molar-refractivity contribution in [1.82, 2.24) is 0 Å². The van der Waals surface area contributed by atoms with Gasteiger partial charge in [0.1, 0.15) is 5.75 Å². The third kappa shape index (κ3) is 5.82. The molecule has 3 heteroatoms. The van der Waals surface area contributed by atoms with Crippen molar-refractivity contribution >= 4 is 0 Å². The molecule has 2 atom stereocenters. The van der Waals surface area contributed by atoms with Gasteiger partial charge in [0.15, 0.2) is 0 Å². The molecule has 0 aliphatic carbocycles. The predicted octanol–water partition coefficient (Wildman–Crippen LogP) is 3.61. The van der Waals surface area contributed by atoms with Gasteiger partial charge in [0.05, 0.1) is 38.3 Å². The first-order chi connectivity index (χ1) is 13.1. The van der Waals surface area contributed by atoms with Gasteiger partial charge in [0.2, 0.25) is 0 Å². The van der Waals surface area contributed by atoms with Crippen LogP contribution in [-0.4, -0.2) is 31.3 Å². The molecule has 2 aromatic rings. The number of quaternary nitrogens is 1. The summed E-state index contributed by atoms with van der Waals surface area (Å²) in [6.07, 6.45) is 3.45. The van der Waals surface area contributed by atoms with E-state index in [1.165, 1.54) is 37.9 Å². The van der Waals surface area contributed by atoms with Gasteiger partial charge in [-0.1, -0.05) is 56.3 Å². The van der Waals surface area contributed by atoms with E-state index in [0.29, 0.717) is 12.5 Å². The van der Waals surface area contributed by atoms with Gasteiger partial charge in [0, 0.05) is 0 Å². The smallest absolute Gasteiger partial charge is 0.119 e. The number of likely N-dealkylation sites (tertiary alicyclic amines) is 1. The molecule has 27 heavy (non-hydrogen) atoms. The molecule has 2 N–H and O–H groups in total. The summed E-state index contributed by atoms with van der Waals surface area (Å²) in [6.45, 7) is 8.43. The van der Waals surface area contributed by atoms with Crippen molar-refractivity contribution in [3.8, 4) is 5.75 Å². The van der Waals surface area contributed by atoms with Crippen LogP contribution in [0.15, 0.2) is 54.6 Å². The standard InChI is InChI=1S/C24H33NO2/c1-19(2)18-27-22-13-11-21(12-14-22)24(26)23(20-9-5-3-6-10-20)17-25-15-7-4-8-16-25/h3,5-6,9-14,19,23-24,26H,4,7-8,15-18H2,1-2H3/p+1/t23-,24+/m0/s1. The van der Waals surface area contributed by atoms with E-state index in [2.05, 4.69) is 38.1 Å². The highest BCUT2D eigenvalue weighted by Crippen LogP contribution is 2.31. The van der Waals surface area contributed by atoms with Crippen molar-refractivity contribution in [3.05, 3.63) is 65.7 Å². The Bertz CT molecular complexity index is 663. The topological polar surface area (TPSA) is 33.9 Å². The molecule has 3 rings (SSSR count). The molecule has 1 aliphatic heterocycles. The maximum absolute atomic E-state index is 11.2. The van der Waals surface area contributed by atoms with Crippen LogP contribution >= 0.6 is 0 Å². The lowest BCUT2D eigenvalue weighted by molar-refractivity contribution is -0.906. The largest absolute Gasteiger partial charge is 0.493 e. The third-order valence-electron chi connectivity index (χ3n) is 5.48. The highest BCUT2D eigenvalue weighted by molar-refractivity contribution is 5.31. The number of hydrogen-bond acceptors (Lipinski definition) is 2. The molecule has 1 aliphatic rings. The van der Waals surface area contributed by atoms with Crippen molar-refractivity contribution in [2.24, 2.45) is 5.92 Å². The van der Waals surface area contributed by atoms with Gasteiger partial charge in [-0.3, -0.25) is 0 Å². The van der Waals surface area contributed by atoms with Gasteiger partial charge in [-0.05, 0) is 48.4 Å². The molecule has 0 saturated carbocycles. The van der Waals surface area contributed by atoms with Crippen molar-refractivity contribution in [3.63, 3.8) is 0 Å². The number of nitrogens with one attached hydrogen (secondary N) is 1. The van der Waals surface area contributed by atoms with Gasteiger partial charge in [-0.15, -0.1) is 0 Å². The Morgan fingerprint density at radius 1 is 0.889 bits per heavy atom. The van der Waals surface area contributed by atoms with E-state index in [1.807, 2.05) is 30.3 Å². The Kier molecular flexibility index (Phi) is 7.31. The van der Waals surface area contributed by atoms with E-state index in [4.69, 9.17) is 4.74 Å². The Morgan fingerprint density at radius 3 is 2.19 bits per heavy atom. The maximum Gasteiger partial charge on any atom is 0.119 e. The summed E-state index contributed by atoms with van der Waals surface area (Å²) in [7, 11) is 0. The first kappa shape index (κ1) is 19.9. The molecule has 2 aromatic carbocycles. The maximum atomic E-state index is 11.2. The summed E-state index contributed by atoms with van der Waals surface area (Å²) in [5.74, 6) is 1.49. The Labute approximate surface area is 164 Å². The van der Waals surface area contributed by atoms with Gasteiger partial charge in [-0.25, -0.2) is 0 Å². The summed E-state index contributed by atoms with van der Waals surface area (Å²) in [6, 6.07) is 18.5. The van der Waals surface area contributed by atoms with E-state index < -0.39 is 6.10 Å². The fourth-order valence-corrected chi connectivity index (χ4v) is 3.94. The van der Waals surface area contributed by atoms with Gasteiger partial charge in [-0.2, -0.15) is 0 Å². The van der Waals surface area contributed by atoms with Crippen LogP contribution in [0.5, 0.6) is 5.75 Å².